The summed E-state index contributed by atoms with van der Waals surface area (Å²) in [6.45, 7) is 10.7. The zero-order valence-electron chi connectivity index (χ0n) is 17.4. The highest BCUT2D eigenvalue weighted by molar-refractivity contribution is 6.34. The molecule has 1 aromatic heterocycles. The lowest BCUT2D eigenvalue weighted by atomic mass is 10.1. The second kappa shape index (κ2) is 9.90. The van der Waals surface area contributed by atoms with E-state index in [9.17, 15) is 9.18 Å². The average molecular weight is 453 g/mol. The van der Waals surface area contributed by atoms with Crippen molar-refractivity contribution in [2.75, 3.05) is 32.7 Å². The minimum atomic E-state index is -0.589. The Morgan fingerprint density at radius 2 is 1.88 bits per heavy atom. The SMILES string of the molecule is [C-]#[N+]c1c(F)ccc(CCN2CCN(C(=O)Cc3ccc(-n4cncn4)cc3)CC2)c1Cl. The van der Waals surface area contributed by atoms with E-state index < -0.39 is 5.82 Å². The normalized spacial score (nSPS) is 14.3. The van der Waals surface area contributed by atoms with Gasteiger partial charge in [0.2, 0.25) is 11.6 Å². The van der Waals surface area contributed by atoms with Crippen LogP contribution in [0.15, 0.2) is 49.1 Å². The van der Waals surface area contributed by atoms with Gasteiger partial charge < -0.3 is 4.90 Å². The van der Waals surface area contributed by atoms with E-state index in [-0.39, 0.29) is 16.6 Å². The van der Waals surface area contributed by atoms with Gasteiger partial charge in [0.25, 0.3) is 0 Å². The number of carbonyl (C=O) groups is 1. The molecule has 0 atom stereocenters. The van der Waals surface area contributed by atoms with Crippen LogP contribution in [0.3, 0.4) is 0 Å². The summed E-state index contributed by atoms with van der Waals surface area (Å²) in [7, 11) is 0. The fraction of sp³-hybridized carbons (Fsp3) is 0.304. The number of hydrogen-bond donors (Lipinski definition) is 0. The minimum absolute atomic E-state index is 0.112. The first-order chi connectivity index (χ1) is 15.5. The summed E-state index contributed by atoms with van der Waals surface area (Å²) in [6.07, 6.45) is 4.11. The fourth-order valence-electron chi connectivity index (χ4n) is 3.77. The van der Waals surface area contributed by atoms with Crippen molar-refractivity contribution >= 4 is 23.2 Å². The molecule has 0 bridgehead atoms. The number of carbonyl (C=O) groups excluding carboxylic acids is 1. The van der Waals surface area contributed by atoms with Gasteiger partial charge in [0.1, 0.15) is 18.5 Å². The van der Waals surface area contributed by atoms with Crippen molar-refractivity contribution in [3.8, 4) is 5.69 Å². The molecule has 0 radical (unpaired) electrons. The molecule has 2 aromatic carbocycles. The van der Waals surface area contributed by atoms with Gasteiger partial charge in [-0.1, -0.05) is 29.8 Å². The molecule has 0 aliphatic carbocycles. The van der Waals surface area contributed by atoms with Gasteiger partial charge in [-0.3, -0.25) is 9.69 Å². The number of aromatic nitrogens is 3. The lowest BCUT2D eigenvalue weighted by Gasteiger charge is -2.35. The molecule has 1 aliphatic rings. The van der Waals surface area contributed by atoms with Crippen LogP contribution in [0.5, 0.6) is 0 Å². The van der Waals surface area contributed by atoms with Gasteiger partial charge in [-0.2, -0.15) is 5.10 Å². The number of rotatable bonds is 6. The summed E-state index contributed by atoms with van der Waals surface area (Å²) in [6, 6.07) is 10.7. The van der Waals surface area contributed by atoms with E-state index in [0.29, 0.717) is 25.9 Å². The molecule has 1 saturated heterocycles. The lowest BCUT2D eigenvalue weighted by molar-refractivity contribution is -0.132. The molecule has 1 amide bonds. The van der Waals surface area contributed by atoms with Gasteiger partial charge in [-0.05, 0) is 35.7 Å². The van der Waals surface area contributed by atoms with Crippen LogP contribution in [0, 0.1) is 12.4 Å². The zero-order chi connectivity index (χ0) is 22.5. The van der Waals surface area contributed by atoms with Gasteiger partial charge in [0.05, 0.1) is 23.7 Å². The Morgan fingerprint density at radius 1 is 1.12 bits per heavy atom. The largest absolute Gasteiger partial charge is 0.340 e. The standard InChI is InChI=1S/C23H22ClFN6O/c1-26-23-20(25)7-4-18(22(23)24)8-9-29-10-12-30(13-11-29)21(32)14-17-2-5-19(6-3-17)31-16-27-15-28-31/h2-7,15-16H,8-14H2. The molecule has 9 heteroatoms. The van der Waals surface area contributed by atoms with Gasteiger partial charge in [-0.15, -0.1) is 0 Å². The maximum Gasteiger partial charge on any atom is 0.240 e. The quantitative estimate of drug-likeness (QED) is 0.537. The van der Waals surface area contributed by atoms with Gasteiger partial charge in [-0.25, -0.2) is 18.9 Å². The third kappa shape index (κ3) is 4.96. The number of benzene rings is 2. The predicted octanol–water partition coefficient (Wildman–Crippen LogP) is 3.54. The van der Waals surface area contributed by atoms with E-state index in [1.54, 1.807) is 17.1 Å². The Kier molecular flexibility index (Phi) is 6.78. The van der Waals surface area contributed by atoms with Crippen LogP contribution >= 0.6 is 11.6 Å². The Bertz CT molecular complexity index is 1120. The topological polar surface area (TPSA) is 58.6 Å². The minimum Gasteiger partial charge on any atom is -0.340 e. The molecular weight excluding hydrogens is 431 g/mol. The maximum absolute atomic E-state index is 13.6. The van der Waals surface area contributed by atoms with Crippen molar-refractivity contribution in [2.45, 2.75) is 12.8 Å². The summed E-state index contributed by atoms with van der Waals surface area (Å²) in [5.74, 6) is -0.477. The molecule has 1 fully saturated rings. The van der Waals surface area contributed by atoms with E-state index >= 15 is 0 Å². The second-order valence-corrected chi connectivity index (χ2v) is 8.01. The van der Waals surface area contributed by atoms with Crippen LogP contribution < -0.4 is 0 Å². The number of amides is 1. The van der Waals surface area contributed by atoms with Gasteiger partial charge in [0.15, 0.2) is 0 Å². The number of hydrogen-bond acceptors (Lipinski definition) is 4. The summed E-state index contributed by atoms with van der Waals surface area (Å²) in [5, 5.41) is 4.30. The molecule has 2 heterocycles. The highest BCUT2D eigenvalue weighted by Crippen LogP contribution is 2.31. The zero-order valence-corrected chi connectivity index (χ0v) is 18.2. The van der Waals surface area contributed by atoms with E-state index in [4.69, 9.17) is 18.2 Å². The molecule has 0 saturated carbocycles. The summed E-state index contributed by atoms with van der Waals surface area (Å²) in [5.41, 5.74) is 2.51. The Balaban J connectivity index is 1.26. The smallest absolute Gasteiger partial charge is 0.240 e. The molecule has 0 spiro atoms. The van der Waals surface area contributed by atoms with Gasteiger partial charge in [0, 0.05) is 32.7 Å². The Labute approximate surface area is 190 Å². The molecule has 164 valence electrons. The van der Waals surface area contributed by atoms with Crippen molar-refractivity contribution in [1.29, 1.82) is 0 Å². The van der Waals surface area contributed by atoms with Crippen LogP contribution in [-0.4, -0.2) is 63.2 Å². The van der Waals surface area contributed by atoms with Crippen LogP contribution in [-0.2, 0) is 17.6 Å². The summed E-state index contributed by atoms with van der Waals surface area (Å²) >= 11 is 6.18. The first kappa shape index (κ1) is 21.9. The summed E-state index contributed by atoms with van der Waals surface area (Å²) < 4.78 is 15.3. The van der Waals surface area contributed by atoms with Crippen LogP contribution in [0.25, 0.3) is 10.5 Å². The third-order valence-electron chi connectivity index (χ3n) is 5.66. The predicted molar refractivity (Wildman–Crippen MR) is 119 cm³/mol. The van der Waals surface area contributed by atoms with E-state index in [1.165, 1.54) is 12.4 Å². The van der Waals surface area contributed by atoms with Crippen molar-refractivity contribution in [2.24, 2.45) is 0 Å². The molecule has 1 aliphatic heterocycles. The average Bonchev–Trinajstić information content (AvgIpc) is 3.35. The molecule has 0 unspecified atom stereocenters. The molecule has 7 nitrogen and oxygen atoms in total. The summed E-state index contributed by atoms with van der Waals surface area (Å²) in [4.78, 5) is 24.0. The van der Waals surface area contributed by atoms with Crippen molar-refractivity contribution in [1.82, 2.24) is 24.6 Å². The first-order valence-electron chi connectivity index (χ1n) is 10.3. The Hall–Kier alpha value is -3.28. The monoisotopic (exact) mass is 452 g/mol. The Morgan fingerprint density at radius 3 is 2.53 bits per heavy atom. The number of piperazine rings is 1. The molecule has 0 N–H and O–H groups in total. The van der Waals surface area contributed by atoms with E-state index in [1.807, 2.05) is 29.2 Å². The number of halogens is 2. The molecular formula is C23H22ClFN6O. The van der Waals surface area contributed by atoms with Gasteiger partial charge >= 0.3 is 0 Å². The highest BCUT2D eigenvalue weighted by Gasteiger charge is 2.21. The van der Waals surface area contributed by atoms with Crippen molar-refractivity contribution in [3.63, 3.8) is 0 Å². The highest BCUT2D eigenvalue weighted by atomic mass is 35.5. The van der Waals surface area contributed by atoms with Crippen molar-refractivity contribution < 1.29 is 9.18 Å². The first-order valence-corrected chi connectivity index (χ1v) is 10.7. The maximum atomic E-state index is 13.6. The second-order valence-electron chi connectivity index (χ2n) is 7.64. The molecule has 3 aromatic rings. The van der Waals surface area contributed by atoms with Crippen LogP contribution in [0.4, 0.5) is 10.1 Å². The third-order valence-corrected chi connectivity index (χ3v) is 6.08. The molecule has 32 heavy (non-hydrogen) atoms. The number of nitrogens with zero attached hydrogens (tertiary/aromatic N) is 6. The lowest BCUT2D eigenvalue weighted by Crippen LogP contribution is -2.49. The fourth-order valence-corrected chi connectivity index (χ4v) is 4.06. The van der Waals surface area contributed by atoms with Crippen molar-refractivity contribution in [3.05, 3.63) is 82.4 Å². The van der Waals surface area contributed by atoms with E-state index in [2.05, 4.69) is 19.8 Å². The molecule has 4 rings (SSSR count). The van der Waals surface area contributed by atoms with Crippen LogP contribution in [0.1, 0.15) is 11.1 Å². The van der Waals surface area contributed by atoms with E-state index in [0.717, 1.165) is 36.4 Å². The van der Waals surface area contributed by atoms with Crippen LogP contribution in [0.2, 0.25) is 5.02 Å².